The van der Waals surface area contributed by atoms with Crippen molar-refractivity contribution in [3.63, 3.8) is 0 Å². The Morgan fingerprint density at radius 1 is 1.08 bits per heavy atom. The summed E-state index contributed by atoms with van der Waals surface area (Å²) in [6.07, 6.45) is 12.9. The van der Waals surface area contributed by atoms with Crippen LogP contribution in [0.3, 0.4) is 0 Å². The predicted molar refractivity (Wildman–Crippen MR) is 95.9 cm³/mol. The van der Waals surface area contributed by atoms with Gasteiger partial charge in [0.25, 0.3) is 0 Å². The maximum absolute atomic E-state index is 13.9. The van der Waals surface area contributed by atoms with Crippen LogP contribution >= 0.6 is 0 Å². The van der Waals surface area contributed by atoms with Gasteiger partial charge in [-0.3, -0.25) is 0 Å². The molecule has 2 heteroatoms. The maximum Gasteiger partial charge on any atom is 0.159 e. The molecule has 132 valence electrons. The van der Waals surface area contributed by atoms with Crippen molar-refractivity contribution in [2.24, 2.45) is 17.8 Å². The van der Waals surface area contributed by atoms with E-state index in [4.69, 9.17) is 0 Å². The largest absolute Gasteiger partial charge is 0.204 e. The third kappa shape index (κ3) is 3.17. The lowest BCUT2D eigenvalue weighted by molar-refractivity contribution is 0.0841. The van der Waals surface area contributed by atoms with Gasteiger partial charge in [-0.05, 0) is 85.8 Å². The first-order valence-corrected chi connectivity index (χ1v) is 9.69. The molecule has 0 saturated heterocycles. The van der Waals surface area contributed by atoms with Gasteiger partial charge in [-0.1, -0.05) is 31.9 Å². The van der Waals surface area contributed by atoms with Crippen molar-refractivity contribution in [1.29, 1.82) is 0 Å². The van der Waals surface area contributed by atoms with Crippen LogP contribution in [0.2, 0.25) is 0 Å². The topological polar surface area (TPSA) is 0 Å². The number of benzene rings is 1. The van der Waals surface area contributed by atoms with Crippen LogP contribution < -0.4 is 0 Å². The molecule has 3 rings (SSSR count). The van der Waals surface area contributed by atoms with Crippen LogP contribution in [0.1, 0.15) is 70.3 Å². The van der Waals surface area contributed by atoms with Crippen LogP contribution in [-0.2, 0) is 5.41 Å². The minimum Gasteiger partial charge on any atom is -0.204 e. The van der Waals surface area contributed by atoms with E-state index in [1.165, 1.54) is 57.1 Å². The molecule has 2 aliphatic rings. The van der Waals surface area contributed by atoms with Crippen molar-refractivity contribution in [3.8, 4) is 0 Å². The molecule has 0 aliphatic heterocycles. The van der Waals surface area contributed by atoms with Crippen LogP contribution in [-0.4, -0.2) is 0 Å². The summed E-state index contributed by atoms with van der Waals surface area (Å²) >= 11 is 0. The molecule has 0 radical (unpaired) electrons. The number of rotatable bonds is 4. The summed E-state index contributed by atoms with van der Waals surface area (Å²) in [5.74, 6) is 0.564. The predicted octanol–water partition coefficient (Wildman–Crippen LogP) is 6.80. The molecular weight excluding hydrogens is 302 g/mol. The fraction of sp³-hybridized carbons (Fsp3) is 0.636. The lowest BCUT2D eigenvalue weighted by Crippen LogP contribution is -2.42. The Kier molecular flexibility index (Phi) is 5.42. The smallest absolute Gasteiger partial charge is 0.159 e. The summed E-state index contributed by atoms with van der Waals surface area (Å²) in [5, 5.41) is 0. The molecule has 0 bridgehead atoms. The molecule has 0 nitrogen and oxygen atoms in total. The first-order valence-electron chi connectivity index (χ1n) is 9.69. The Labute approximate surface area is 145 Å². The molecule has 0 amide bonds. The van der Waals surface area contributed by atoms with Gasteiger partial charge in [0.15, 0.2) is 11.6 Å². The quantitative estimate of drug-likeness (QED) is 0.532. The van der Waals surface area contributed by atoms with Crippen molar-refractivity contribution in [2.45, 2.75) is 70.1 Å². The maximum atomic E-state index is 13.9. The summed E-state index contributed by atoms with van der Waals surface area (Å²) in [4.78, 5) is 0. The van der Waals surface area contributed by atoms with E-state index in [0.29, 0.717) is 11.8 Å². The lowest BCUT2D eigenvalue weighted by atomic mass is 9.55. The molecule has 1 aromatic carbocycles. The highest BCUT2D eigenvalue weighted by Gasteiger charge is 2.45. The fourth-order valence-electron chi connectivity index (χ4n) is 5.54. The molecular formula is C22H30F2. The van der Waals surface area contributed by atoms with E-state index in [1.54, 1.807) is 0 Å². The van der Waals surface area contributed by atoms with E-state index in [9.17, 15) is 8.78 Å². The second-order valence-electron chi connectivity index (χ2n) is 7.90. The fourth-order valence-corrected chi connectivity index (χ4v) is 5.54. The van der Waals surface area contributed by atoms with Crippen molar-refractivity contribution in [1.82, 2.24) is 0 Å². The van der Waals surface area contributed by atoms with Gasteiger partial charge in [0.2, 0.25) is 0 Å². The highest BCUT2D eigenvalue weighted by atomic mass is 19.2. The standard InChI is InChI=1S/C22H30F2/c1-3-16-8-10-17(11-9-16)19-7-5-6-14-22(19,4-2)18-12-13-20(23)21(24)15-18/h3,12-13,15-17,19H,1,4-11,14H2,2H3/t16?,17?,19-,22-/m0/s1. The second-order valence-corrected chi connectivity index (χ2v) is 7.90. The van der Waals surface area contributed by atoms with Crippen molar-refractivity contribution < 1.29 is 8.78 Å². The van der Waals surface area contributed by atoms with Gasteiger partial charge < -0.3 is 0 Å². The molecule has 2 fully saturated rings. The van der Waals surface area contributed by atoms with Crippen molar-refractivity contribution in [2.75, 3.05) is 0 Å². The average Bonchev–Trinajstić information content (AvgIpc) is 2.64. The Morgan fingerprint density at radius 2 is 1.83 bits per heavy atom. The molecule has 0 unspecified atom stereocenters. The molecule has 2 atom stereocenters. The van der Waals surface area contributed by atoms with E-state index in [1.807, 2.05) is 6.07 Å². The van der Waals surface area contributed by atoms with Gasteiger partial charge in [0.05, 0.1) is 0 Å². The molecule has 2 saturated carbocycles. The third-order valence-electron chi connectivity index (χ3n) is 6.94. The zero-order chi connectivity index (χ0) is 17.2. The highest BCUT2D eigenvalue weighted by Crippen LogP contribution is 2.52. The van der Waals surface area contributed by atoms with Crippen molar-refractivity contribution in [3.05, 3.63) is 48.1 Å². The van der Waals surface area contributed by atoms with Crippen LogP contribution in [0.5, 0.6) is 0 Å². The van der Waals surface area contributed by atoms with Crippen LogP contribution in [0, 0.1) is 29.4 Å². The lowest BCUT2D eigenvalue weighted by Gasteiger charge is -2.49. The van der Waals surface area contributed by atoms with E-state index in [2.05, 4.69) is 19.6 Å². The zero-order valence-electron chi connectivity index (χ0n) is 14.9. The SMILES string of the molecule is C=CC1CCC([C@@H]2CCCC[C@@]2(CC)c2ccc(F)c(F)c2)CC1. The van der Waals surface area contributed by atoms with Crippen LogP contribution in [0.15, 0.2) is 30.9 Å². The normalized spacial score (nSPS) is 34.0. The van der Waals surface area contributed by atoms with Gasteiger partial charge in [0, 0.05) is 0 Å². The third-order valence-corrected chi connectivity index (χ3v) is 6.94. The minimum atomic E-state index is -0.733. The summed E-state index contributed by atoms with van der Waals surface area (Å²) in [6, 6.07) is 4.64. The van der Waals surface area contributed by atoms with Crippen molar-refractivity contribution >= 4 is 0 Å². The van der Waals surface area contributed by atoms with E-state index >= 15 is 0 Å². The number of halogens is 2. The number of hydrogen-bond donors (Lipinski definition) is 0. The molecule has 0 heterocycles. The Hall–Kier alpha value is -1.18. The van der Waals surface area contributed by atoms with Gasteiger partial charge in [0.1, 0.15) is 0 Å². The molecule has 2 aliphatic carbocycles. The average molecular weight is 332 g/mol. The van der Waals surface area contributed by atoms with Crippen LogP contribution in [0.4, 0.5) is 8.78 Å². The molecule has 24 heavy (non-hydrogen) atoms. The molecule has 0 spiro atoms. The first kappa shape index (κ1) is 17.6. The summed E-state index contributed by atoms with van der Waals surface area (Å²) in [7, 11) is 0. The molecule has 0 aromatic heterocycles. The highest BCUT2D eigenvalue weighted by molar-refractivity contribution is 5.29. The second kappa shape index (κ2) is 7.37. The Morgan fingerprint density at radius 3 is 2.46 bits per heavy atom. The van der Waals surface area contributed by atoms with E-state index in [0.717, 1.165) is 24.3 Å². The minimum absolute atomic E-state index is 0.0263. The van der Waals surface area contributed by atoms with Gasteiger partial charge >= 0.3 is 0 Å². The first-order chi connectivity index (χ1) is 11.6. The summed E-state index contributed by atoms with van der Waals surface area (Å²) < 4.78 is 27.4. The van der Waals surface area contributed by atoms with Gasteiger partial charge in [-0.15, -0.1) is 6.58 Å². The van der Waals surface area contributed by atoms with Gasteiger partial charge in [-0.25, -0.2) is 8.78 Å². The monoisotopic (exact) mass is 332 g/mol. The van der Waals surface area contributed by atoms with E-state index in [-0.39, 0.29) is 5.41 Å². The number of hydrogen-bond acceptors (Lipinski definition) is 0. The van der Waals surface area contributed by atoms with Crippen LogP contribution in [0.25, 0.3) is 0 Å². The van der Waals surface area contributed by atoms with E-state index < -0.39 is 11.6 Å². The number of allylic oxidation sites excluding steroid dienone is 1. The molecule has 0 N–H and O–H groups in total. The Bertz CT molecular complexity index is 571. The van der Waals surface area contributed by atoms with Gasteiger partial charge in [-0.2, -0.15) is 0 Å². The zero-order valence-corrected chi connectivity index (χ0v) is 14.9. The Balaban J connectivity index is 1.90. The summed E-state index contributed by atoms with van der Waals surface area (Å²) in [5.41, 5.74) is 1.05. The summed E-state index contributed by atoms with van der Waals surface area (Å²) in [6.45, 7) is 6.19. The molecule has 1 aromatic rings.